The van der Waals surface area contributed by atoms with Gasteiger partial charge in [-0.2, -0.15) is 0 Å². The lowest BCUT2D eigenvalue weighted by Crippen LogP contribution is -2.47. The molecule has 0 aromatic heterocycles. The van der Waals surface area contributed by atoms with Gasteiger partial charge in [-0.15, -0.1) is 0 Å². The van der Waals surface area contributed by atoms with Gasteiger partial charge in [-0.05, 0) is 6.92 Å². The molecule has 0 amide bonds. The second-order valence-corrected chi connectivity index (χ2v) is 3.18. The fraction of sp³-hybridized carbons (Fsp3) is 0.750. The molecule has 1 aliphatic rings. The van der Waals surface area contributed by atoms with Crippen LogP contribution < -0.4 is 0 Å². The van der Waals surface area contributed by atoms with Crippen LogP contribution in [0, 0.1) is 11.8 Å². The van der Waals surface area contributed by atoms with Crippen molar-refractivity contribution >= 4 is 12.3 Å². The maximum absolute atomic E-state index is 11.0. The molecule has 4 atom stereocenters. The third-order valence-corrected chi connectivity index (χ3v) is 2.33. The minimum Gasteiger partial charge on any atom is -0.454 e. The largest absolute Gasteiger partial charge is 0.454 e. The number of rotatable bonds is 1. The zero-order chi connectivity index (χ0) is 9.30. The van der Waals surface area contributed by atoms with E-state index in [9.17, 15) is 14.7 Å². The van der Waals surface area contributed by atoms with E-state index in [1.165, 1.54) is 0 Å². The Kier molecular flexibility index (Phi) is 2.47. The predicted molar refractivity (Wildman–Crippen MR) is 40.3 cm³/mol. The van der Waals surface area contributed by atoms with E-state index >= 15 is 0 Å². The average molecular weight is 172 g/mol. The van der Waals surface area contributed by atoms with Crippen molar-refractivity contribution in [1.82, 2.24) is 0 Å². The predicted octanol–water partition coefficient (Wildman–Crippen LogP) is -0.256. The van der Waals surface area contributed by atoms with Gasteiger partial charge < -0.3 is 9.84 Å². The van der Waals surface area contributed by atoms with Gasteiger partial charge in [0.25, 0.3) is 0 Å². The fourth-order valence-electron chi connectivity index (χ4n) is 1.29. The van der Waals surface area contributed by atoms with Crippen molar-refractivity contribution in [2.24, 2.45) is 11.8 Å². The van der Waals surface area contributed by atoms with E-state index in [2.05, 4.69) is 0 Å². The van der Waals surface area contributed by atoms with Gasteiger partial charge in [-0.1, -0.05) is 6.92 Å². The molecule has 1 N–H and O–H groups in total. The second-order valence-electron chi connectivity index (χ2n) is 3.18. The first-order valence-electron chi connectivity index (χ1n) is 3.91. The van der Waals surface area contributed by atoms with Crippen LogP contribution in [0.4, 0.5) is 0 Å². The van der Waals surface area contributed by atoms with E-state index in [0.29, 0.717) is 6.29 Å². The molecule has 0 bridgehead atoms. The SMILES string of the molecule is C[C@@H]1[C@@H](O)[C@@H](C)C(=O)O[C@@H]1C=O. The highest BCUT2D eigenvalue weighted by atomic mass is 16.6. The van der Waals surface area contributed by atoms with Crippen molar-refractivity contribution in [2.45, 2.75) is 26.1 Å². The summed E-state index contributed by atoms with van der Waals surface area (Å²) in [6, 6.07) is 0. The van der Waals surface area contributed by atoms with Gasteiger partial charge in [0.15, 0.2) is 12.4 Å². The van der Waals surface area contributed by atoms with Crippen LogP contribution in [0.5, 0.6) is 0 Å². The summed E-state index contributed by atoms with van der Waals surface area (Å²) < 4.78 is 4.76. The summed E-state index contributed by atoms with van der Waals surface area (Å²) >= 11 is 0. The molecule has 68 valence electrons. The molecule has 12 heavy (non-hydrogen) atoms. The van der Waals surface area contributed by atoms with Gasteiger partial charge in [-0.3, -0.25) is 9.59 Å². The van der Waals surface area contributed by atoms with Crippen LogP contribution in [0.25, 0.3) is 0 Å². The summed E-state index contributed by atoms with van der Waals surface area (Å²) in [6.07, 6.45) is -1.01. The summed E-state index contributed by atoms with van der Waals surface area (Å²) in [5.41, 5.74) is 0. The van der Waals surface area contributed by atoms with Crippen molar-refractivity contribution in [1.29, 1.82) is 0 Å². The van der Waals surface area contributed by atoms with Crippen LogP contribution in [-0.2, 0) is 14.3 Å². The van der Waals surface area contributed by atoms with Gasteiger partial charge in [0.1, 0.15) is 0 Å². The molecule has 4 nitrogen and oxygen atoms in total. The Morgan fingerprint density at radius 1 is 1.50 bits per heavy atom. The number of aliphatic hydroxyl groups excluding tert-OH is 1. The topological polar surface area (TPSA) is 63.6 Å². The van der Waals surface area contributed by atoms with E-state index in [1.807, 2.05) is 0 Å². The molecule has 0 unspecified atom stereocenters. The number of hydrogen-bond donors (Lipinski definition) is 1. The van der Waals surface area contributed by atoms with Crippen LogP contribution in [0.2, 0.25) is 0 Å². The quantitative estimate of drug-likeness (QED) is 0.437. The Bertz CT molecular complexity index is 199. The zero-order valence-electron chi connectivity index (χ0n) is 7.06. The van der Waals surface area contributed by atoms with E-state index in [1.54, 1.807) is 13.8 Å². The van der Waals surface area contributed by atoms with Gasteiger partial charge in [-0.25, -0.2) is 0 Å². The molecule has 0 spiro atoms. The maximum Gasteiger partial charge on any atom is 0.312 e. The highest BCUT2D eigenvalue weighted by Gasteiger charge is 2.40. The summed E-state index contributed by atoms with van der Waals surface area (Å²) in [5.74, 6) is -1.34. The second kappa shape index (κ2) is 3.23. The average Bonchev–Trinajstić information content (AvgIpc) is 2.08. The molecule has 0 aliphatic carbocycles. The molecular weight excluding hydrogens is 160 g/mol. The number of aldehydes is 1. The summed E-state index contributed by atoms with van der Waals surface area (Å²) in [7, 11) is 0. The first kappa shape index (κ1) is 9.19. The number of hydrogen-bond acceptors (Lipinski definition) is 4. The number of carbonyl (C=O) groups excluding carboxylic acids is 2. The minimum absolute atomic E-state index is 0.310. The van der Waals surface area contributed by atoms with Gasteiger partial charge >= 0.3 is 5.97 Å². The van der Waals surface area contributed by atoms with Crippen LogP contribution >= 0.6 is 0 Å². The Morgan fingerprint density at radius 2 is 2.08 bits per heavy atom. The van der Waals surface area contributed by atoms with Crippen molar-refractivity contribution in [2.75, 3.05) is 0 Å². The van der Waals surface area contributed by atoms with Crippen LogP contribution in [0.3, 0.4) is 0 Å². The Morgan fingerprint density at radius 3 is 2.58 bits per heavy atom. The molecule has 1 saturated heterocycles. The summed E-state index contributed by atoms with van der Waals surface area (Å²) in [4.78, 5) is 21.4. The van der Waals surface area contributed by atoms with E-state index in [-0.39, 0.29) is 5.92 Å². The fourth-order valence-corrected chi connectivity index (χ4v) is 1.29. The van der Waals surface area contributed by atoms with Crippen molar-refractivity contribution < 1.29 is 19.4 Å². The molecular formula is C8H12O4. The lowest BCUT2D eigenvalue weighted by atomic mass is 9.87. The third-order valence-electron chi connectivity index (χ3n) is 2.33. The molecule has 1 rings (SSSR count). The van der Waals surface area contributed by atoms with Crippen molar-refractivity contribution in [3.8, 4) is 0 Å². The zero-order valence-corrected chi connectivity index (χ0v) is 7.06. The normalized spacial score (nSPS) is 42.1. The van der Waals surface area contributed by atoms with Crippen LogP contribution in [0.15, 0.2) is 0 Å². The van der Waals surface area contributed by atoms with Crippen LogP contribution in [-0.4, -0.2) is 29.6 Å². The molecule has 0 radical (unpaired) electrons. The molecule has 0 aromatic carbocycles. The molecule has 0 saturated carbocycles. The molecule has 1 heterocycles. The van der Waals surface area contributed by atoms with Gasteiger partial charge in [0.2, 0.25) is 0 Å². The third kappa shape index (κ3) is 1.34. The summed E-state index contributed by atoms with van der Waals surface area (Å²) in [6.45, 7) is 3.27. The highest BCUT2D eigenvalue weighted by molar-refractivity contribution is 5.77. The number of ether oxygens (including phenoxy) is 1. The minimum atomic E-state index is -0.788. The Labute approximate surface area is 70.5 Å². The molecule has 0 aromatic rings. The Hall–Kier alpha value is -0.900. The maximum atomic E-state index is 11.0. The van der Waals surface area contributed by atoms with Crippen LogP contribution in [0.1, 0.15) is 13.8 Å². The molecule has 1 aliphatic heterocycles. The summed E-state index contributed by atoms with van der Waals surface area (Å²) in [5, 5.41) is 9.46. The monoisotopic (exact) mass is 172 g/mol. The lowest BCUT2D eigenvalue weighted by Gasteiger charge is -2.33. The van der Waals surface area contributed by atoms with E-state index in [0.717, 1.165) is 0 Å². The smallest absolute Gasteiger partial charge is 0.312 e. The number of esters is 1. The number of carbonyl (C=O) groups is 2. The van der Waals surface area contributed by atoms with Gasteiger partial charge in [0, 0.05) is 5.92 Å². The van der Waals surface area contributed by atoms with E-state index < -0.39 is 24.1 Å². The first-order chi connectivity index (χ1) is 5.57. The van der Waals surface area contributed by atoms with Crippen molar-refractivity contribution in [3.05, 3.63) is 0 Å². The lowest BCUT2D eigenvalue weighted by molar-refractivity contribution is -0.177. The number of aliphatic hydroxyl groups is 1. The highest BCUT2D eigenvalue weighted by Crippen LogP contribution is 2.24. The van der Waals surface area contributed by atoms with Crippen molar-refractivity contribution in [3.63, 3.8) is 0 Å². The van der Waals surface area contributed by atoms with E-state index in [4.69, 9.17) is 4.74 Å². The molecule has 4 heteroatoms. The molecule has 1 fully saturated rings. The van der Waals surface area contributed by atoms with Gasteiger partial charge in [0.05, 0.1) is 12.0 Å². The number of cyclic esters (lactones) is 1. The Balaban J connectivity index is 2.76. The standard InChI is InChI=1S/C8H12O4/c1-4-6(3-9)12-8(11)5(2)7(4)10/h3-7,10H,1-2H3/t4-,5+,6+,7+/m0/s1. The first-order valence-corrected chi connectivity index (χ1v) is 3.91.